The number of rotatable bonds is 5. The lowest BCUT2D eigenvalue weighted by atomic mass is 9.92. The van der Waals surface area contributed by atoms with Crippen molar-refractivity contribution in [3.8, 4) is 0 Å². The minimum absolute atomic E-state index is 0.0756. The van der Waals surface area contributed by atoms with Crippen molar-refractivity contribution in [1.29, 1.82) is 0 Å². The standard InChI is InChI=1S/C18H18O2/c1-13(2)15-10-6-7-11-16(15)18(20)12-17(19)14-8-4-3-5-9-14/h3-11,13H,12H2,1-2H3. The van der Waals surface area contributed by atoms with Crippen LogP contribution >= 0.6 is 0 Å². The Kier molecular flexibility index (Phi) is 4.46. The van der Waals surface area contributed by atoms with Crippen molar-refractivity contribution in [3.63, 3.8) is 0 Å². The zero-order valence-electron chi connectivity index (χ0n) is 11.8. The first-order valence-corrected chi connectivity index (χ1v) is 6.80. The highest BCUT2D eigenvalue weighted by Gasteiger charge is 2.17. The van der Waals surface area contributed by atoms with E-state index < -0.39 is 0 Å². The lowest BCUT2D eigenvalue weighted by Gasteiger charge is -2.11. The summed E-state index contributed by atoms with van der Waals surface area (Å²) >= 11 is 0. The maximum Gasteiger partial charge on any atom is 0.170 e. The van der Waals surface area contributed by atoms with Crippen LogP contribution in [0.1, 0.15) is 52.5 Å². The van der Waals surface area contributed by atoms with Crippen LogP contribution < -0.4 is 0 Å². The summed E-state index contributed by atoms with van der Waals surface area (Å²) in [6.07, 6.45) is -0.0756. The summed E-state index contributed by atoms with van der Waals surface area (Å²) in [6.45, 7) is 4.09. The van der Waals surface area contributed by atoms with E-state index in [1.165, 1.54) is 0 Å². The summed E-state index contributed by atoms with van der Waals surface area (Å²) in [5.74, 6) is 0.0271. The number of carbonyl (C=O) groups is 2. The molecular weight excluding hydrogens is 248 g/mol. The van der Waals surface area contributed by atoms with Crippen LogP contribution in [-0.2, 0) is 0 Å². The van der Waals surface area contributed by atoms with Gasteiger partial charge in [-0.2, -0.15) is 0 Å². The number of hydrogen-bond donors (Lipinski definition) is 0. The van der Waals surface area contributed by atoms with Crippen LogP contribution in [0, 0.1) is 0 Å². The van der Waals surface area contributed by atoms with Crippen LogP contribution in [0.5, 0.6) is 0 Å². The highest BCUT2D eigenvalue weighted by Crippen LogP contribution is 2.21. The van der Waals surface area contributed by atoms with Gasteiger partial charge in [-0.05, 0) is 11.5 Å². The number of carbonyl (C=O) groups excluding carboxylic acids is 2. The molecule has 102 valence electrons. The van der Waals surface area contributed by atoms with Crippen LogP contribution in [0.4, 0.5) is 0 Å². The van der Waals surface area contributed by atoms with E-state index in [9.17, 15) is 9.59 Å². The predicted molar refractivity (Wildman–Crippen MR) is 80.3 cm³/mol. The average Bonchev–Trinajstić information content (AvgIpc) is 2.48. The first kappa shape index (κ1) is 14.2. The van der Waals surface area contributed by atoms with Crippen molar-refractivity contribution in [2.75, 3.05) is 0 Å². The molecule has 0 fully saturated rings. The molecule has 0 radical (unpaired) electrons. The third-order valence-corrected chi connectivity index (χ3v) is 3.30. The Labute approximate surface area is 119 Å². The van der Waals surface area contributed by atoms with E-state index in [0.29, 0.717) is 11.1 Å². The van der Waals surface area contributed by atoms with E-state index in [4.69, 9.17) is 0 Å². The molecule has 0 bridgehead atoms. The maximum absolute atomic E-state index is 12.3. The van der Waals surface area contributed by atoms with Crippen molar-refractivity contribution < 1.29 is 9.59 Å². The first-order valence-electron chi connectivity index (χ1n) is 6.80. The fraction of sp³-hybridized carbons (Fsp3) is 0.222. The SMILES string of the molecule is CC(C)c1ccccc1C(=O)CC(=O)c1ccccc1. The van der Waals surface area contributed by atoms with Crippen molar-refractivity contribution in [1.82, 2.24) is 0 Å². The average molecular weight is 266 g/mol. The zero-order chi connectivity index (χ0) is 14.5. The minimum Gasteiger partial charge on any atom is -0.294 e. The summed E-state index contributed by atoms with van der Waals surface area (Å²) in [4.78, 5) is 24.4. The van der Waals surface area contributed by atoms with Gasteiger partial charge in [0, 0.05) is 11.1 Å². The molecular formula is C18H18O2. The molecule has 0 heterocycles. The van der Waals surface area contributed by atoms with Crippen molar-refractivity contribution in [3.05, 3.63) is 71.3 Å². The quantitative estimate of drug-likeness (QED) is 0.598. The van der Waals surface area contributed by atoms with Gasteiger partial charge in [-0.15, -0.1) is 0 Å². The van der Waals surface area contributed by atoms with Gasteiger partial charge in [0.05, 0.1) is 6.42 Å². The Morgan fingerprint density at radius 1 is 0.850 bits per heavy atom. The van der Waals surface area contributed by atoms with Crippen molar-refractivity contribution in [2.45, 2.75) is 26.2 Å². The Bertz CT molecular complexity index is 612. The van der Waals surface area contributed by atoms with Gasteiger partial charge in [-0.1, -0.05) is 68.4 Å². The molecule has 0 aliphatic heterocycles. The minimum atomic E-state index is -0.130. The monoisotopic (exact) mass is 266 g/mol. The van der Waals surface area contributed by atoms with E-state index in [1.54, 1.807) is 30.3 Å². The normalized spacial score (nSPS) is 10.6. The smallest absolute Gasteiger partial charge is 0.170 e. The van der Waals surface area contributed by atoms with Gasteiger partial charge in [0.1, 0.15) is 0 Å². The molecule has 0 aromatic heterocycles. The molecule has 0 spiro atoms. The molecule has 0 aliphatic carbocycles. The predicted octanol–water partition coefficient (Wildman–Crippen LogP) is 4.27. The van der Waals surface area contributed by atoms with Crippen molar-refractivity contribution in [2.24, 2.45) is 0 Å². The first-order chi connectivity index (χ1) is 9.59. The van der Waals surface area contributed by atoms with Gasteiger partial charge in [0.25, 0.3) is 0 Å². The molecule has 2 aromatic rings. The number of benzene rings is 2. The molecule has 0 atom stereocenters. The third kappa shape index (κ3) is 3.21. The lowest BCUT2D eigenvalue weighted by Crippen LogP contribution is -2.11. The van der Waals surface area contributed by atoms with Crippen LogP contribution in [0.25, 0.3) is 0 Å². The van der Waals surface area contributed by atoms with E-state index >= 15 is 0 Å². The highest BCUT2D eigenvalue weighted by molar-refractivity contribution is 6.14. The van der Waals surface area contributed by atoms with Crippen molar-refractivity contribution >= 4 is 11.6 Å². The molecule has 0 unspecified atom stereocenters. The van der Waals surface area contributed by atoms with Crippen LogP contribution in [-0.4, -0.2) is 11.6 Å². The molecule has 0 N–H and O–H groups in total. The highest BCUT2D eigenvalue weighted by atomic mass is 16.1. The van der Waals surface area contributed by atoms with E-state index in [1.807, 2.05) is 38.1 Å². The summed E-state index contributed by atoms with van der Waals surface area (Å²) < 4.78 is 0. The number of Topliss-reactive ketones (excluding diaryl/α,β-unsaturated/α-hetero) is 2. The molecule has 2 aromatic carbocycles. The number of ketones is 2. The van der Waals surface area contributed by atoms with E-state index in [2.05, 4.69) is 0 Å². The van der Waals surface area contributed by atoms with Gasteiger partial charge in [0.2, 0.25) is 0 Å². The molecule has 2 nitrogen and oxygen atoms in total. The fourth-order valence-corrected chi connectivity index (χ4v) is 2.22. The maximum atomic E-state index is 12.3. The van der Waals surface area contributed by atoms with Gasteiger partial charge in [0.15, 0.2) is 11.6 Å². The molecule has 0 saturated heterocycles. The van der Waals surface area contributed by atoms with Gasteiger partial charge >= 0.3 is 0 Å². The van der Waals surface area contributed by atoms with Gasteiger partial charge in [-0.3, -0.25) is 9.59 Å². The Morgan fingerprint density at radius 2 is 1.45 bits per heavy atom. The van der Waals surface area contributed by atoms with Crippen LogP contribution in [0.15, 0.2) is 54.6 Å². The largest absolute Gasteiger partial charge is 0.294 e. The second kappa shape index (κ2) is 6.29. The summed E-state index contributed by atoms with van der Waals surface area (Å²) in [5.41, 5.74) is 2.24. The molecule has 2 rings (SSSR count). The summed E-state index contributed by atoms with van der Waals surface area (Å²) in [6, 6.07) is 16.5. The Hall–Kier alpha value is -2.22. The number of hydrogen-bond acceptors (Lipinski definition) is 2. The molecule has 0 amide bonds. The Balaban J connectivity index is 2.19. The topological polar surface area (TPSA) is 34.1 Å². The van der Waals surface area contributed by atoms with E-state index in [0.717, 1.165) is 5.56 Å². The molecule has 0 saturated carbocycles. The Morgan fingerprint density at radius 3 is 2.10 bits per heavy atom. The van der Waals surface area contributed by atoms with Gasteiger partial charge < -0.3 is 0 Å². The van der Waals surface area contributed by atoms with E-state index in [-0.39, 0.29) is 23.9 Å². The van der Waals surface area contributed by atoms with Crippen LogP contribution in [0.2, 0.25) is 0 Å². The fourth-order valence-electron chi connectivity index (χ4n) is 2.22. The molecule has 2 heteroatoms. The molecule has 20 heavy (non-hydrogen) atoms. The van der Waals surface area contributed by atoms with Crippen LogP contribution in [0.3, 0.4) is 0 Å². The molecule has 0 aliphatic rings. The second-order valence-corrected chi connectivity index (χ2v) is 5.13. The second-order valence-electron chi connectivity index (χ2n) is 5.13. The lowest BCUT2D eigenvalue weighted by molar-refractivity contribution is 0.0893. The van der Waals surface area contributed by atoms with Gasteiger partial charge in [-0.25, -0.2) is 0 Å². The summed E-state index contributed by atoms with van der Waals surface area (Å²) in [7, 11) is 0. The summed E-state index contributed by atoms with van der Waals surface area (Å²) in [5, 5.41) is 0. The zero-order valence-corrected chi connectivity index (χ0v) is 11.8. The third-order valence-electron chi connectivity index (χ3n) is 3.30.